The van der Waals surface area contributed by atoms with Crippen LogP contribution in [0.5, 0.6) is 0 Å². The number of hydroxylamine groups is 1. The number of nitrogens with zero attached hydrogens (tertiary/aromatic N) is 1. The topological polar surface area (TPSA) is 46.6 Å². The van der Waals surface area contributed by atoms with Crippen LogP contribution in [0.4, 0.5) is 5.69 Å². The maximum absolute atomic E-state index is 14.9. The number of carbonyl (C=O) groups excluding carboxylic acids is 1. The van der Waals surface area contributed by atoms with Crippen molar-refractivity contribution < 1.29 is 14.2 Å². The second-order valence-corrected chi connectivity index (χ2v) is 12.0. The highest BCUT2D eigenvalue weighted by molar-refractivity contribution is 7.79. The summed E-state index contributed by atoms with van der Waals surface area (Å²) >= 11 is 0. The molecule has 0 bridgehead atoms. The summed E-state index contributed by atoms with van der Waals surface area (Å²) in [5, 5.41) is 3.31. The number of anilines is 1. The zero-order valence-electron chi connectivity index (χ0n) is 19.6. The Morgan fingerprint density at radius 3 is 1.74 bits per heavy atom. The number of para-hydroxylation sites is 1. The molecule has 3 unspecified atom stereocenters. The number of hydrogen-bond acceptors (Lipinski definition) is 4. The summed E-state index contributed by atoms with van der Waals surface area (Å²) in [5.41, 5.74) is 1.11. The molecule has 0 aliphatic carbocycles. The number of rotatable bonds is 7. The molecule has 1 aliphatic rings. The van der Waals surface area contributed by atoms with Gasteiger partial charge in [-0.1, -0.05) is 116 Å². The summed E-state index contributed by atoms with van der Waals surface area (Å²) in [5.74, 6) is -0.00147. The summed E-state index contributed by atoms with van der Waals surface area (Å²) < 4.78 is 14.9. The maximum Gasteiger partial charge on any atom is 0.187 e. The molecule has 0 aromatic heterocycles. The molecule has 0 saturated carbocycles. The first kappa shape index (κ1) is 23.3. The number of hydrogen-bond donors (Lipinski definition) is 0. The Morgan fingerprint density at radius 1 is 0.771 bits per heavy atom. The highest BCUT2D eigenvalue weighted by Gasteiger charge is 2.47. The first-order chi connectivity index (χ1) is 17.1. The van der Waals surface area contributed by atoms with Crippen LogP contribution in [0.3, 0.4) is 0 Å². The summed E-state index contributed by atoms with van der Waals surface area (Å²) in [6.45, 7) is 1.99. The third-order valence-electron chi connectivity index (χ3n) is 6.75. The van der Waals surface area contributed by atoms with Crippen LogP contribution < -0.4 is 15.7 Å². The molecule has 176 valence electrons. The molecular formula is C30H28NO3P. The van der Waals surface area contributed by atoms with Crippen LogP contribution in [-0.2, 0) is 9.40 Å². The van der Waals surface area contributed by atoms with E-state index >= 15 is 0 Å². The molecule has 1 fully saturated rings. The van der Waals surface area contributed by atoms with Crippen LogP contribution in [0, 0.1) is 0 Å². The van der Waals surface area contributed by atoms with Crippen molar-refractivity contribution in [2.24, 2.45) is 0 Å². The van der Waals surface area contributed by atoms with Gasteiger partial charge in [0, 0.05) is 28.3 Å². The lowest BCUT2D eigenvalue weighted by Gasteiger charge is -2.30. The molecule has 0 spiro atoms. The van der Waals surface area contributed by atoms with E-state index in [1.165, 1.54) is 0 Å². The predicted octanol–water partition coefficient (Wildman–Crippen LogP) is 5.85. The fourth-order valence-corrected chi connectivity index (χ4v) is 7.95. The minimum Gasteiger partial charge on any atom is -0.313 e. The summed E-state index contributed by atoms with van der Waals surface area (Å²) in [6, 6.07) is 37.7. The van der Waals surface area contributed by atoms with E-state index < -0.39 is 19.3 Å². The van der Waals surface area contributed by atoms with Gasteiger partial charge in [0.2, 0.25) is 0 Å². The van der Waals surface area contributed by atoms with Gasteiger partial charge in [0.25, 0.3) is 0 Å². The fourth-order valence-electron chi connectivity index (χ4n) is 4.84. The minimum atomic E-state index is -3.07. The van der Waals surface area contributed by atoms with E-state index in [-0.39, 0.29) is 11.4 Å². The third kappa shape index (κ3) is 4.48. The van der Waals surface area contributed by atoms with Crippen LogP contribution in [0.25, 0.3) is 0 Å². The zero-order valence-corrected chi connectivity index (χ0v) is 20.5. The molecule has 5 heteroatoms. The van der Waals surface area contributed by atoms with Gasteiger partial charge in [0.05, 0.1) is 11.8 Å². The van der Waals surface area contributed by atoms with Crippen molar-refractivity contribution in [3.05, 3.63) is 127 Å². The second-order valence-electron chi connectivity index (χ2n) is 8.86. The van der Waals surface area contributed by atoms with E-state index in [1.54, 1.807) is 5.06 Å². The lowest BCUT2D eigenvalue weighted by Crippen LogP contribution is -2.35. The summed E-state index contributed by atoms with van der Waals surface area (Å²) in [4.78, 5) is 20.1. The van der Waals surface area contributed by atoms with Crippen molar-refractivity contribution in [1.82, 2.24) is 0 Å². The Hall–Kier alpha value is -3.46. The molecule has 4 aromatic rings. The molecule has 5 rings (SSSR count). The Kier molecular flexibility index (Phi) is 6.68. The van der Waals surface area contributed by atoms with E-state index in [4.69, 9.17) is 4.84 Å². The van der Waals surface area contributed by atoms with E-state index in [2.05, 4.69) is 0 Å². The van der Waals surface area contributed by atoms with Crippen molar-refractivity contribution in [2.75, 3.05) is 5.06 Å². The maximum atomic E-state index is 14.9. The van der Waals surface area contributed by atoms with Crippen LogP contribution >= 0.6 is 7.14 Å². The van der Waals surface area contributed by atoms with Gasteiger partial charge in [-0.15, -0.1) is 0 Å². The molecule has 1 aliphatic heterocycles. The van der Waals surface area contributed by atoms with Gasteiger partial charge in [-0.3, -0.25) is 9.63 Å². The van der Waals surface area contributed by atoms with Gasteiger partial charge >= 0.3 is 0 Å². The molecule has 0 N–H and O–H groups in total. The zero-order chi connectivity index (χ0) is 24.3. The Bertz CT molecular complexity index is 1270. The van der Waals surface area contributed by atoms with Crippen LogP contribution in [0.1, 0.15) is 23.7 Å². The van der Waals surface area contributed by atoms with Crippen molar-refractivity contribution in [3.63, 3.8) is 0 Å². The van der Waals surface area contributed by atoms with Gasteiger partial charge in [-0.25, -0.2) is 5.06 Å². The lowest BCUT2D eigenvalue weighted by molar-refractivity contribution is 0.0771. The fraction of sp³-hybridized carbons (Fsp3) is 0.167. The normalized spacial score (nSPS) is 18.8. The van der Waals surface area contributed by atoms with Crippen LogP contribution in [0.2, 0.25) is 0 Å². The molecule has 4 aromatic carbocycles. The summed E-state index contributed by atoms with van der Waals surface area (Å²) in [7, 11) is -3.07. The number of benzene rings is 4. The Morgan fingerprint density at radius 2 is 1.23 bits per heavy atom. The first-order valence-electron chi connectivity index (χ1n) is 11.9. The highest BCUT2D eigenvalue weighted by Crippen LogP contribution is 2.52. The van der Waals surface area contributed by atoms with Gasteiger partial charge in [0.15, 0.2) is 5.78 Å². The van der Waals surface area contributed by atoms with Crippen LogP contribution in [-0.4, -0.2) is 23.6 Å². The van der Waals surface area contributed by atoms with Gasteiger partial charge < -0.3 is 4.57 Å². The summed E-state index contributed by atoms with van der Waals surface area (Å²) in [6.07, 6.45) is 0.0482. The van der Waals surface area contributed by atoms with E-state index in [9.17, 15) is 9.36 Å². The molecule has 4 nitrogen and oxygen atoms in total. The van der Waals surface area contributed by atoms with E-state index in [0.717, 1.165) is 16.3 Å². The largest absolute Gasteiger partial charge is 0.313 e. The second kappa shape index (κ2) is 10.0. The SMILES string of the molecule is CC(C1CC(C(=O)c2ccccc2)N(c2ccccc2)O1)P(=O)(c1ccccc1)c1ccccc1. The van der Waals surface area contributed by atoms with Gasteiger partial charge in [-0.2, -0.15) is 0 Å². The number of carbonyl (C=O) groups is 1. The minimum absolute atomic E-state index is 0.00147. The lowest BCUT2D eigenvalue weighted by atomic mass is 9.98. The van der Waals surface area contributed by atoms with Gasteiger partial charge in [-0.05, 0) is 12.1 Å². The van der Waals surface area contributed by atoms with Gasteiger partial charge in [0.1, 0.15) is 13.2 Å². The molecule has 3 atom stereocenters. The number of ketones is 1. The third-order valence-corrected chi connectivity index (χ3v) is 10.4. The highest BCUT2D eigenvalue weighted by atomic mass is 31.2. The number of Topliss-reactive ketones (excluding diaryl/α,β-unsaturated/α-hetero) is 1. The van der Waals surface area contributed by atoms with E-state index in [0.29, 0.717) is 12.0 Å². The average molecular weight is 482 g/mol. The molecular weight excluding hydrogens is 453 g/mol. The molecule has 1 saturated heterocycles. The van der Waals surface area contributed by atoms with Crippen molar-refractivity contribution in [2.45, 2.75) is 31.1 Å². The molecule has 35 heavy (non-hydrogen) atoms. The predicted molar refractivity (Wildman–Crippen MR) is 142 cm³/mol. The van der Waals surface area contributed by atoms with Crippen LogP contribution in [0.15, 0.2) is 121 Å². The molecule has 0 amide bonds. The molecule has 0 radical (unpaired) electrons. The van der Waals surface area contributed by atoms with Crippen molar-refractivity contribution in [3.8, 4) is 0 Å². The standard InChI is InChI=1S/C30H28NO3P/c1-23(35(33,26-18-10-4-11-19-26)27-20-12-5-13-21-27)29-22-28(30(32)24-14-6-2-7-15-24)31(34-29)25-16-8-3-9-17-25/h2-21,23,28-29H,22H2,1H3. The smallest absolute Gasteiger partial charge is 0.187 e. The van der Waals surface area contributed by atoms with Crippen molar-refractivity contribution in [1.29, 1.82) is 0 Å². The monoisotopic (exact) mass is 481 g/mol. The first-order valence-corrected chi connectivity index (χ1v) is 13.7. The average Bonchev–Trinajstić information content (AvgIpc) is 3.39. The van der Waals surface area contributed by atoms with Crippen molar-refractivity contribution >= 4 is 29.2 Å². The quantitative estimate of drug-likeness (QED) is 0.245. The Labute approximate surface area is 206 Å². The van der Waals surface area contributed by atoms with E-state index in [1.807, 2.05) is 128 Å². The molecule has 1 heterocycles. The Balaban J connectivity index is 1.54.